The first-order valence-corrected chi connectivity index (χ1v) is 8.85. The molecule has 0 saturated heterocycles. The van der Waals surface area contributed by atoms with Crippen molar-refractivity contribution in [2.24, 2.45) is 4.99 Å². The molecule has 2 rings (SSSR count). The van der Waals surface area contributed by atoms with E-state index in [9.17, 15) is 0 Å². The number of likely N-dealkylation sites (N-methyl/N-ethyl adjacent to an activating group) is 1. The number of rotatable bonds is 8. The van der Waals surface area contributed by atoms with E-state index in [1.807, 2.05) is 18.2 Å². The summed E-state index contributed by atoms with van der Waals surface area (Å²) in [4.78, 5) is 11.3. The number of hydrogen-bond acceptors (Lipinski definition) is 3. The summed E-state index contributed by atoms with van der Waals surface area (Å²) in [6.07, 6.45) is 1.80. The summed E-state index contributed by atoms with van der Waals surface area (Å²) in [7, 11) is 2.15. The van der Waals surface area contributed by atoms with Gasteiger partial charge in [0.25, 0.3) is 0 Å². The van der Waals surface area contributed by atoms with E-state index in [1.54, 1.807) is 6.20 Å². The summed E-state index contributed by atoms with van der Waals surface area (Å²) < 4.78 is 0. The Balaban J connectivity index is 1.84. The summed E-state index contributed by atoms with van der Waals surface area (Å²) in [5, 5.41) is 6.72. The standard InChI is InChI=1S/C20H29N5/c1-4-21-20(24-15-19-12-8-9-13-22-19)23-14-17(2)25(3)16-18-10-6-5-7-11-18/h5-13,17H,4,14-16H2,1-3H3,(H2,21,23,24). The number of pyridine rings is 1. The molecule has 25 heavy (non-hydrogen) atoms. The Morgan fingerprint density at radius 1 is 1.12 bits per heavy atom. The van der Waals surface area contributed by atoms with Gasteiger partial charge in [-0.05, 0) is 38.6 Å². The van der Waals surface area contributed by atoms with Crippen molar-refractivity contribution in [3.63, 3.8) is 0 Å². The molecule has 1 aromatic carbocycles. The van der Waals surface area contributed by atoms with Crippen molar-refractivity contribution in [3.8, 4) is 0 Å². The molecule has 0 aliphatic heterocycles. The maximum absolute atomic E-state index is 4.61. The molecule has 134 valence electrons. The van der Waals surface area contributed by atoms with Crippen LogP contribution in [0.4, 0.5) is 0 Å². The Morgan fingerprint density at radius 3 is 2.56 bits per heavy atom. The average molecular weight is 339 g/mol. The molecule has 0 aliphatic rings. The van der Waals surface area contributed by atoms with Gasteiger partial charge in [0.2, 0.25) is 0 Å². The monoisotopic (exact) mass is 339 g/mol. The highest BCUT2D eigenvalue weighted by Crippen LogP contribution is 2.05. The molecule has 0 bridgehead atoms. The number of benzene rings is 1. The smallest absolute Gasteiger partial charge is 0.191 e. The van der Waals surface area contributed by atoms with E-state index in [4.69, 9.17) is 0 Å². The molecule has 5 nitrogen and oxygen atoms in total. The van der Waals surface area contributed by atoms with Gasteiger partial charge in [-0.15, -0.1) is 0 Å². The number of aromatic nitrogens is 1. The van der Waals surface area contributed by atoms with Gasteiger partial charge in [0.05, 0.1) is 12.2 Å². The van der Waals surface area contributed by atoms with E-state index in [0.29, 0.717) is 12.6 Å². The average Bonchev–Trinajstić information content (AvgIpc) is 2.65. The number of aliphatic imine (C=N–C) groups is 1. The zero-order chi connectivity index (χ0) is 17.9. The maximum Gasteiger partial charge on any atom is 0.191 e. The topological polar surface area (TPSA) is 52.6 Å². The molecular formula is C20H29N5. The lowest BCUT2D eigenvalue weighted by Gasteiger charge is -2.25. The van der Waals surface area contributed by atoms with Crippen LogP contribution in [0.1, 0.15) is 25.1 Å². The van der Waals surface area contributed by atoms with Crippen LogP contribution in [0.15, 0.2) is 59.7 Å². The van der Waals surface area contributed by atoms with Crippen LogP contribution in [-0.4, -0.2) is 42.0 Å². The molecule has 0 amide bonds. The Labute approximate surface area is 151 Å². The minimum atomic E-state index is 0.388. The highest BCUT2D eigenvalue weighted by atomic mass is 15.2. The van der Waals surface area contributed by atoms with Crippen molar-refractivity contribution < 1.29 is 0 Å². The van der Waals surface area contributed by atoms with Crippen LogP contribution in [0, 0.1) is 0 Å². The second kappa shape index (κ2) is 10.5. The van der Waals surface area contributed by atoms with Crippen LogP contribution in [0.25, 0.3) is 0 Å². The second-order valence-corrected chi connectivity index (χ2v) is 6.15. The molecule has 2 N–H and O–H groups in total. The van der Waals surface area contributed by atoms with E-state index in [0.717, 1.165) is 31.3 Å². The van der Waals surface area contributed by atoms with E-state index < -0.39 is 0 Å². The Morgan fingerprint density at radius 2 is 1.88 bits per heavy atom. The third-order valence-corrected chi connectivity index (χ3v) is 4.06. The van der Waals surface area contributed by atoms with E-state index in [1.165, 1.54) is 5.56 Å². The summed E-state index contributed by atoms with van der Waals surface area (Å²) in [6.45, 7) is 7.47. The first-order valence-electron chi connectivity index (χ1n) is 8.85. The van der Waals surface area contributed by atoms with Crippen molar-refractivity contribution in [2.75, 3.05) is 20.1 Å². The van der Waals surface area contributed by atoms with Gasteiger partial charge in [0.1, 0.15) is 0 Å². The molecule has 1 atom stereocenters. The Hall–Kier alpha value is -2.40. The molecule has 0 saturated carbocycles. The van der Waals surface area contributed by atoms with Gasteiger partial charge in [-0.25, -0.2) is 4.99 Å². The molecule has 1 unspecified atom stereocenters. The van der Waals surface area contributed by atoms with E-state index in [2.05, 4.69) is 76.7 Å². The van der Waals surface area contributed by atoms with Gasteiger partial charge in [-0.3, -0.25) is 9.88 Å². The second-order valence-electron chi connectivity index (χ2n) is 6.15. The van der Waals surface area contributed by atoms with Crippen LogP contribution in [-0.2, 0) is 13.1 Å². The third kappa shape index (κ3) is 6.93. The Kier molecular flexibility index (Phi) is 7.92. The van der Waals surface area contributed by atoms with Crippen molar-refractivity contribution >= 4 is 5.96 Å². The lowest BCUT2D eigenvalue weighted by Crippen LogP contribution is -2.44. The normalized spacial score (nSPS) is 12.9. The van der Waals surface area contributed by atoms with Gasteiger partial charge < -0.3 is 10.6 Å². The highest BCUT2D eigenvalue weighted by molar-refractivity contribution is 5.79. The lowest BCUT2D eigenvalue weighted by molar-refractivity contribution is 0.249. The molecular weight excluding hydrogens is 310 g/mol. The fraction of sp³-hybridized carbons (Fsp3) is 0.400. The van der Waals surface area contributed by atoms with Gasteiger partial charge in [0, 0.05) is 31.9 Å². The van der Waals surface area contributed by atoms with Gasteiger partial charge >= 0.3 is 0 Å². The fourth-order valence-electron chi connectivity index (χ4n) is 2.42. The molecule has 5 heteroatoms. The molecule has 0 aliphatic carbocycles. The van der Waals surface area contributed by atoms with Crippen LogP contribution in [0.3, 0.4) is 0 Å². The van der Waals surface area contributed by atoms with Crippen molar-refractivity contribution in [1.29, 1.82) is 0 Å². The third-order valence-electron chi connectivity index (χ3n) is 4.06. The summed E-state index contributed by atoms with van der Waals surface area (Å²) in [5.41, 5.74) is 2.29. The minimum Gasteiger partial charge on any atom is -0.357 e. The number of nitrogens with zero attached hydrogens (tertiary/aromatic N) is 3. The molecule has 0 radical (unpaired) electrons. The summed E-state index contributed by atoms with van der Waals surface area (Å²) in [6, 6.07) is 16.8. The van der Waals surface area contributed by atoms with Crippen molar-refractivity contribution in [3.05, 3.63) is 66.0 Å². The molecule has 2 aromatic rings. The summed E-state index contributed by atoms with van der Waals surface area (Å²) >= 11 is 0. The van der Waals surface area contributed by atoms with Crippen molar-refractivity contribution in [1.82, 2.24) is 20.5 Å². The Bertz CT molecular complexity index is 627. The summed E-state index contributed by atoms with van der Waals surface area (Å²) in [5.74, 6) is 0.827. The quantitative estimate of drug-likeness (QED) is 0.573. The lowest BCUT2D eigenvalue weighted by atomic mass is 10.2. The first-order chi connectivity index (χ1) is 12.2. The van der Waals surface area contributed by atoms with Crippen LogP contribution in [0.2, 0.25) is 0 Å². The van der Waals surface area contributed by atoms with E-state index >= 15 is 0 Å². The van der Waals surface area contributed by atoms with Gasteiger partial charge in [-0.2, -0.15) is 0 Å². The SMILES string of the molecule is CCNC(=NCc1ccccn1)NCC(C)N(C)Cc1ccccc1. The van der Waals surface area contributed by atoms with Gasteiger partial charge in [0.15, 0.2) is 5.96 Å². The molecule has 1 aromatic heterocycles. The highest BCUT2D eigenvalue weighted by Gasteiger charge is 2.10. The predicted molar refractivity (Wildman–Crippen MR) is 104 cm³/mol. The maximum atomic E-state index is 4.61. The molecule has 1 heterocycles. The molecule has 0 fully saturated rings. The number of hydrogen-bond donors (Lipinski definition) is 2. The fourth-order valence-corrected chi connectivity index (χ4v) is 2.42. The van der Waals surface area contributed by atoms with Crippen LogP contribution in [0.5, 0.6) is 0 Å². The van der Waals surface area contributed by atoms with Crippen LogP contribution < -0.4 is 10.6 Å². The van der Waals surface area contributed by atoms with Crippen molar-refractivity contribution in [2.45, 2.75) is 33.0 Å². The van der Waals surface area contributed by atoms with Gasteiger partial charge in [-0.1, -0.05) is 36.4 Å². The van der Waals surface area contributed by atoms with E-state index in [-0.39, 0.29) is 0 Å². The first kappa shape index (κ1) is 18.9. The zero-order valence-electron chi connectivity index (χ0n) is 15.4. The van der Waals surface area contributed by atoms with Crippen LogP contribution >= 0.6 is 0 Å². The number of nitrogens with one attached hydrogen (secondary N) is 2. The number of guanidine groups is 1. The predicted octanol–water partition coefficient (Wildman–Crippen LogP) is 2.66. The minimum absolute atomic E-state index is 0.388. The molecule has 0 spiro atoms. The zero-order valence-corrected chi connectivity index (χ0v) is 15.4. The largest absolute Gasteiger partial charge is 0.357 e.